The highest BCUT2D eigenvalue weighted by Crippen LogP contribution is 2.30. The highest BCUT2D eigenvalue weighted by Gasteiger charge is 2.30. The number of hydrogen-bond acceptors (Lipinski definition) is 6. The van der Waals surface area contributed by atoms with Crippen LogP contribution in [0.4, 0.5) is 0 Å². The lowest BCUT2D eigenvalue weighted by molar-refractivity contribution is -0.148. The van der Waals surface area contributed by atoms with Crippen LogP contribution in [0.25, 0.3) is 0 Å². The fourth-order valence-corrected chi connectivity index (χ4v) is 3.78. The summed E-state index contributed by atoms with van der Waals surface area (Å²) in [5.41, 5.74) is 0.293. The van der Waals surface area contributed by atoms with Gasteiger partial charge in [0.1, 0.15) is 10.7 Å². The van der Waals surface area contributed by atoms with E-state index in [0.717, 1.165) is 6.42 Å². The minimum absolute atomic E-state index is 0.0832. The number of ether oxygens (including phenoxy) is 1. The SMILES string of the molecule is CC[C@H](C)CC(=O)N(C)[C@H](C[C@@H](OC(C)=O)c1nc(C(=O)NC)cs1)C(C)C. The molecule has 1 heterocycles. The summed E-state index contributed by atoms with van der Waals surface area (Å²) < 4.78 is 5.52. The van der Waals surface area contributed by atoms with Crippen LogP contribution in [0.1, 0.15) is 75.5 Å². The van der Waals surface area contributed by atoms with E-state index >= 15 is 0 Å². The van der Waals surface area contributed by atoms with Crippen LogP contribution < -0.4 is 5.32 Å². The second kappa shape index (κ2) is 11.1. The average Bonchev–Trinajstić information content (AvgIpc) is 3.13. The van der Waals surface area contributed by atoms with Crippen molar-refractivity contribution in [2.45, 2.75) is 66.0 Å². The first-order valence-corrected chi connectivity index (χ1v) is 10.6. The van der Waals surface area contributed by atoms with Crippen LogP contribution in [0.2, 0.25) is 0 Å². The van der Waals surface area contributed by atoms with Gasteiger partial charge in [-0.2, -0.15) is 0 Å². The van der Waals surface area contributed by atoms with Gasteiger partial charge in [-0.15, -0.1) is 11.3 Å². The molecule has 1 aromatic rings. The van der Waals surface area contributed by atoms with Gasteiger partial charge in [0.15, 0.2) is 6.10 Å². The van der Waals surface area contributed by atoms with Crippen LogP contribution in [-0.4, -0.2) is 47.8 Å². The van der Waals surface area contributed by atoms with Gasteiger partial charge in [-0.05, 0) is 11.8 Å². The zero-order valence-electron chi connectivity index (χ0n) is 17.9. The van der Waals surface area contributed by atoms with Gasteiger partial charge in [0, 0.05) is 45.3 Å². The molecular weight excluding hydrogens is 378 g/mol. The summed E-state index contributed by atoms with van der Waals surface area (Å²) in [5, 5.41) is 4.74. The minimum atomic E-state index is -0.604. The van der Waals surface area contributed by atoms with Crippen LogP contribution in [0.5, 0.6) is 0 Å². The Morgan fingerprint density at radius 1 is 1.29 bits per heavy atom. The van der Waals surface area contributed by atoms with E-state index in [4.69, 9.17) is 4.74 Å². The number of amides is 2. The van der Waals surface area contributed by atoms with Crippen molar-refractivity contribution in [1.82, 2.24) is 15.2 Å². The third kappa shape index (κ3) is 6.89. The summed E-state index contributed by atoms with van der Waals surface area (Å²) >= 11 is 1.28. The van der Waals surface area contributed by atoms with Crippen molar-refractivity contribution >= 4 is 29.1 Å². The van der Waals surface area contributed by atoms with Crippen LogP contribution in [0.3, 0.4) is 0 Å². The van der Waals surface area contributed by atoms with E-state index in [1.165, 1.54) is 25.3 Å². The molecule has 0 saturated heterocycles. The van der Waals surface area contributed by atoms with Crippen molar-refractivity contribution in [1.29, 1.82) is 0 Å². The van der Waals surface area contributed by atoms with Crippen molar-refractivity contribution in [3.8, 4) is 0 Å². The van der Waals surface area contributed by atoms with Crippen molar-refractivity contribution in [3.63, 3.8) is 0 Å². The molecule has 1 aromatic heterocycles. The number of thiazole rings is 1. The fourth-order valence-electron chi connectivity index (χ4n) is 2.94. The number of nitrogens with one attached hydrogen (secondary N) is 1. The molecule has 0 spiro atoms. The predicted molar refractivity (Wildman–Crippen MR) is 110 cm³/mol. The maximum atomic E-state index is 12.7. The molecule has 2 amide bonds. The summed E-state index contributed by atoms with van der Waals surface area (Å²) in [5.74, 6) is -0.133. The van der Waals surface area contributed by atoms with Gasteiger partial charge < -0.3 is 15.0 Å². The Morgan fingerprint density at radius 2 is 1.93 bits per heavy atom. The summed E-state index contributed by atoms with van der Waals surface area (Å²) in [6, 6.07) is -0.117. The van der Waals surface area contributed by atoms with E-state index in [1.807, 2.05) is 13.8 Å². The Labute approximate surface area is 171 Å². The Hall–Kier alpha value is -1.96. The number of carbonyl (C=O) groups excluding carboxylic acids is 3. The highest BCUT2D eigenvalue weighted by atomic mass is 32.1. The molecule has 3 atom stereocenters. The molecule has 0 fully saturated rings. The van der Waals surface area contributed by atoms with E-state index in [-0.39, 0.29) is 23.8 Å². The molecule has 28 heavy (non-hydrogen) atoms. The number of carbonyl (C=O) groups is 3. The van der Waals surface area contributed by atoms with Crippen LogP contribution in [-0.2, 0) is 14.3 Å². The third-order valence-electron chi connectivity index (χ3n) is 4.90. The Balaban J connectivity index is 3.05. The fraction of sp³-hybridized carbons (Fsp3) is 0.700. The normalized spacial score (nSPS) is 14.3. The molecule has 0 aliphatic carbocycles. The lowest BCUT2D eigenvalue weighted by atomic mass is 9.95. The largest absolute Gasteiger partial charge is 0.455 e. The molecule has 0 unspecified atom stereocenters. The quantitative estimate of drug-likeness (QED) is 0.596. The summed E-state index contributed by atoms with van der Waals surface area (Å²) in [6.45, 7) is 9.57. The molecule has 158 valence electrons. The molecule has 7 nitrogen and oxygen atoms in total. The van der Waals surface area contributed by atoms with Gasteiger partial charge in [0.25, 0.3) is 5.91 Å². The zero-order chi connectivity index (χ0) is 21.4. The van der Waals surface area contributed by atoms with E-state index < -0.39 is 12.1 Å². The summed E-state index contributed by atoms with van der Waals surface area (Å²) in [6.07, 6.45) is 1.27. The van der Waals surface area contributed by atoms with Crippen LogP contribution in [0, 0.1) is 11.8 Å². The van der Waals surface area contributed by atoms with Crippen molar-refractivity contribution in [3.05, 3.63) is 16.1 Å². The molecule has 0 aliphatic rings. The Kier molecular flexibility index (Phi) is 9.58. The van der Waals surface area contributed by atoms with Crippen molar-refractivity contribution < 1.29 is 19.1 Å². The van der Waals surface area contributed by atoms with Gasteiger partial charge in [-0.25, -0.2) is 4.98 Å². The molecule has 0 aromatic carbocycles. The second-order valence-corrected chi connectivity index (χ2v) is 8.41. The molecule has 8 heteroatoms. The molecule has 0 radical (unpaired) electrons. The van der Waals surface area contributed by atoms with E-state index in [1.54, 1.807) is 17.3 Å². The lowest BCUT2D eigenvalue weighted by Gasteiger charge is -2.34. The molecule has 1 rings (SSSR count). The smallest absolute Gasteiger partial charge is 0.303 e. The van der Waals surface area contributed by atoms with Gasteiger partial charge in [0.05, 0.1) is 0 Å². The van der Waals surface area contributed by atoms with Crippen molar-refractivity contribution in [2.75, 3.05) is 14.1 Å². The maximum Gasteiger partial charge on any atom is 0.303 e. The Morgan fingerprint density at radius 3 is 2.43 bits per heavy atom. The molecule has 1 N–H and O–H groups in total. The van der Waals surface area contributed by atoms with Crippen LogP contribution in [0.15, 0.2) is 5.38 Å². The van der Waals surface area contributed by atoms with Crippen LogP contribution >= 0.6 is 11.3 Å². The number of nitrogens with zero attached hydrogens (tertiary/aromatic N) is 2. The standard InChI is InChI=1S/C20H33N3O4S/c1-8-13(4)9-18(25)23(7)16(12(2)3)10-17(27-14(5)24)20-22-15(11-28-20)19(26)21-6/h11-13,16-17H,8-10H2,1-7H3,(H,21,26)/t13-,16+,17+/m0/s1. The van der Waals surface area contributed by atoms with Crippen molar-refractivity contribution in [2.24, 2.45) is 11.8 Å². The molecule has 0 aliphatic heterocycles. The third-order valence-corrected chi connectivity index (χ3v) is 5.84. The predicted octanol–water partition coefficient (Wildman–Crippen LogP) is 3.42. The first kappa shape index (κ1) is 24.1. The number of aromatic nitrogens is 1. The van der Waals surface area contributed by atoms with E-state index in [9.17, 15) is 14.4 Å². The summed E-state index contributed by atoms with van der Waals surface area (Å²) in [7, 11) is 3.34. The van der Waals surface area contributed by atoms with E-state index in [0.29, 0.717) is 29.5 Å². The monoisotopic (exact) mass is 411 g/mol. The number of hydrogen-bond donors (Lipinski definition) is 1. The van der Waals surface area contributed by atoms with Gasteiger partial charge in [-0.1, -0.05) is 34.1 Å². The summed E-state index contributed by atoms with van der Waals surface area (Å²) in [4.78, 5) is 42.2. The first-order chi connectivity index (χ1) is 13.1. The zero-order valence-corrected chi connectivity index (χ0v) is 18.8. The first-order valence-electron chi connectivity index (χ1n) is 9.70. The highest BCUT2D eigenvalue weighted by molar-refractivity contribution is 7.09. The minimum Gasteiger partial charge on any atom is -0.455 e. The topological polar surface area (TPSA) is 88.6 Å². The lowest BCUT2D eigenvalue weighted by Crippen LogP contribution is -2.42. The maximum absolute atomic E-state index is 12.7. The second-order valence-electron chi connectivity index (χ2n) is 7.52. The molecule has 0 saturated carbocycles. The molecular formula is C20H33N3O4S. The Bertz CT molecular complexity index is 674. The molecule has 0 bridgehead atoms. The van der Waals surface area contributed by atoms with E-state index in [2.05, 4.69) is 24.1 Å². The van der Waals surface area contributed by atoms with Gasteiger partial charge in [-0.3, -0.25) is 14.4 Å². The average molecular weight is 412 g/mol. The van der Waals surface area contributed by atoms with Gasteiger partial charge in [0.2, 0.25) is 5.91 Å². The van der Waals surface area contributed by atoms with Gasteiger partial charge >= 0.3 is 5.97 Å². The number of rotatable bonds is 10. The number of esters is 1.